The second kappa shape index (κ2) is 10.9. The van der Waals surface area contributed by atoms with Gasteiger partial charge in [-0.2, -0.15) is 0 Å². The maximum Gasteiger partial charge on any atom is 0.222 e. The van der Waals surface area contributed by atoms with Crippen molar-refractivity contribution in [3.8, 4) is 0 Å². The molecule has 0 aliphatic carbocycles. The normalized spacial score (nSPS) is 15.9. The second-order valence-electron chi connectivity index (χ2n) is 7.43. The van der Waals surface area contributed by atoms with E-state index in [1.807, 2.05) is 13.8 Å². The maximum absolute atomic E-state index is 11.6. The van der Waals surface area contributed by atoms with Crippen LogP contribution >= 0.6 is 0 Å². The van der Waals surface area contributed by atoms with Crippen LogP contribution in [0.4, 0.5) is 0 Å². The molecule has 1 aliphatic rings. The van der Waals surface area contributed by atoms with Gasteiger partial charge in [-0.1, -0.05) is 43.7 Å². The molecule has 0 unspecified atom stereocenters. The number of nitrogens with zero attached hydrogens (tertiary/aromatic N) is 3. The Balaban J connectivity index is 1.81. The third kappa shape index (κ3) is 7.21. The lowest BCUT2D eigenvalue weighted by atomic mass is 10.1. The van der Waals surface area contributed by atoms with E-state index in [9.17, 15) is 4.79 Å². The number of carbonyl (C=O) groups excluding carboxylic acids is 1. The van der Waals surface area contributed by atoms with E-state index in [-0.39, 0.29) is 11.8 Å². The van der Waals surface area contributed by atoms with Crippen LogP contribution in [0.5, 0.6) is 0 Å². The van der Waals surface area contributed by atoms with E-state index in [1.54, 1.807) is 0 Å². The molecule has 1 amide bonds. The van der Waals surface area contributed by atoms with Crippen LogP contribution in [-0.4, -0.2) is 67.5 Å². The van der Waals surface area contributed by atoms with Gasteiger partial charge >= 0.3 is 0 Å². The highest BCUT2D eigenvalue weighted by atomic mass is 16.1. The number of carbonyl (C=O) groups is 1. The molecule has 2 rings (SSSR count). The van der Waals surface area contributed by atoms with Crippen LogP contribution in [0, 0.1) is 12.8 Å². The molecule has 2 N–H and O–H groups in total. The number of hydrogen-bond acceptors (Lipinski definition) is 3. The minimum Gasteiger partial charge on any atom is -0.357 e. The lowest BCUT2D eigenvalue weighted by Gasteiger charge is -2.36. The average Bonchev–Trinajstić information content (AvgIpc) is 2.64. The summed E-state index contributed by atoms with van der Waals surface area (Å²) >= 11 is 0. The van der Waals surface area contributed by atoms with Crippen LogP contribution in [0.15, 0.2) is 29.3 Å². The number of aryl methyl sites for hydroxylation is 1. The van der Waals surface area contributed by atoms with Gasteiger partial charge in [-0.05, 0) is 19.4 Å². The summed E-state index contributed by atoms with van der Waals surface area (Å²) in [6.45, 7) is 15.1. The summed E-state index contributed by atoms with van der Waals surface area (Å²) in [5.41, 5.74) is 2.70. The Labute approximate surface area is 164 Å². The highest BCUT2D eigenvalue weighted by Crippen LogP contribution is 2.10. The van der Waals surface area contributed by atoms with Gasteiger partial charge in [0.25, 0.3) is 0 Å². The van der Waals surface area contributed by atoms with E-state index >= 15 is 0 Å². The molecular weight excluding hydrogens is 338 g/mol. The van der Waals surface area contributed by atoms with Crippen molar-refractivity contribution in [2.75, 3.05) is 45.8 Å². The molecule has 1 fully saturated rings. The molecule has 0 spiro atoms. The van der Waals surface area contributed by atoms with Gasteiger partial charge in [-0.15, -0.1) is 0 Å². The number of hydrogen-bond donors (Lipinski definition) is 2. The molecule has 1 saturated heterocycles. The molecule has 1 aromatic rings. The van der Waals surface area contributed by atoms with Crippen LogP contribution in [0.2, 0.25) is 0 Å². The SMILES string of the molecule is CCNC(=NCCNC(=O)C(C)C)N1CCN(Cc2cccc(C)c2)CC1. The summed E-state index contributed by atoms with van der Waals surface area (Å²) in [7, 11) is 0. The highest BCUT2D eigenvalue weighted by Gasteiger charge is 2.19. The number of amides is 1. The number of piperazine rings is 1. The van der Waals surface area contributed by atoms with E-state index in [1.165, 1.54) is 11.1 Å². The minimum atomic E-state index is 0.0173. The van der Waals surface area contributed by atoms with Crippen molar-refractivity contribution < 1.29 is 4.79 Å². The molecule has 1 heterocycles. The fourth-order valence-electron chi connectivity index (χ4n) is 3.16. The van der Waals surface area contributed by atoms with Crippen LogP contribution in [0.3, 0.4) is 0 Å². The van der Waals surface area contributed by atoms with E-state index in [0.717, 1.165) is 45.2 Å². The summed E-state index contributed by atoms with van der Waals surface area (Å²) in [4.78, 5) is 21.1. The number of nitrogens with one attached hydrogen (secondary N) is 2. The van der Waals surface area contributed by atoms with Crippen LogP contribution in [-0.2, 0) is 11.3 Å². The Kier molecular flexibility index (Phi) is 8.58. The largest absolute Gasteiger partial charge is 0.357 e. The van der Waals surface area contributed by atoms with Crippen molar-refractivity contribution in [3.63, 3.8) is 0 Å². The van der Waals surface area contributed by atoms with Crippen LogP contribution < -0.4 is 10.6 Å². The highest BCUT2D eigenvalue weighted by molar-refractivity contribution is 5.80. The Morgan fingerprint density at radius 3 is 2.56 bits per heavy atom. The Morgan fingerprint density at radius 1 is 1.19 bits per heavy atom. The van der Waals surface area contributed by atoms with Gasteiger partial charge in [0, 0.05) is 51.7 Å². The fraction of sp³-hybridized carbons (Fsp3) is 0.619. The number of benzene rings is 1. The average molecular weight is 374 g/mol. The molecule has 27 heavy (non-hydrogen) atoms. The minimum absolute atomic E-state index is 0.0173. The summed E-state index contributed by atoms with van der Waals surface area (Å²) in [6.07, 6.45) is 0. The van der Waals surface area contributed by atoms with Crippen LogP contribution in [0.25, 0.3) is 0 Å². The number of rotatable bonds is 7. The molecule has 0 radical (unpaired) electrons. The van der Waals surface area contributed by atoms with Gasteiger partial charge in [0.05, 0.1) is 6.54 Å². The van der Waals surface area contributed by atoms with Gasteiger partial charge in [0.2, 0.25) is 5.91 Å². The molecule has 0 saturated carbocycles. The van der Waals surface area contributed by atoms with Gasteiger partial charge in [-0.3, -0.25) is 14.7 Å². The predicted molar refractivity (Wildman–Crippen MR) is 112 cm³/mol. The fourth-order valence-corrected chi connectivity index (χ4v) is 3.16. The standard InChI is InChI=1S/C21H35N5O/c1-5-22-21(24-10-9-23-20(27)17(2)3)26-13-11-25(12-14-26)16-19-8-6-7-18(4)15-19/h6-8,15,17H,5,9-14,16H2,1-4H3,(H,22,24)(H,23,27). The summed E-state index contributed by atoms with van der Waals surface area (Å²) in [6, 6.07) is 8.75. The van der Waals surface area contributed by atoms with Crippen LogP contribution in [0.1, 0.15) is 31.9 Å². The van der Waals surface area contributed by atoms with Crippen molar-refractivity contribution in [1.82, 2.24) is 20.4 Å². The van der Waals surface area contributed by atoms with Crippen molar-refractivity contribution in [1.29, 1.82) is 0 Å². The molecule has 6 heteroatoms. The van der Waals surface area contributed by atoms with Gasteiger partial charge in [0.15, 0.2) is 5.96 Å². The van der Waals surface area contributed by atoms with Crippen molar-refractivity contribution >= 4 is 11.9 Å². The summed E-state index contributed by atoms with van der Waals surface area (Å²) in [5, 5.41) is 6.30. The Bertz CT molecular complexity index is 621. The predicted octanol–water partition coefficient (Wildman–Crippen LogP) is 1.85. The van der Waals surface area contributed by atoms with Crippen molar-refractivity contribution in [3.05, 3.63) is 35.4 Å². The van der Waals surface area contributed by atoms with Gasteiger partial charge in [-0.25, -0.2) is 0 Å². The number of aliphatic imine (C=N–C) groups is 1. The first-order valence-electron chi connectivity index (χ1n) is 10.1. The summed E-state index contributed by atoms with van der Waals surface area (Å²) < 4.78 is 0. The van der Waals surface area contributed by atoms with E-state index in [2.05, 4.69) is 63.5 Å². The lowest BCUT2D eigenvalue weighted by Crippen LogP contribution is -2.52. The monoisotopic (exact) mass is 373 g/mol. The van der Waals surface area contributed by atoms with E-state index in [4.69, 9.17) is 0 Å². The summed E-state index contributed by atoms with van der Waals surface area (Å²) in [5.74, 6) is 1.05. The van der Waals surface area contributed by atoms with Crippen molar-refractivity contribution in [2.24, 2.45) is 10.9 Å². The van der Waals surface area contributed by atoms with E-state index < -0.39 is 0 Å². The third-order valence-corrected chi connectivity index (χ3v) is 4.69. The molecule has 0 atom stereocenters. The van der Waals surface area contributed by atoms with Gasteiger partial charge < -0.3 is 15.5 Å². The zero-order valence-corrected chi connectivity index (χ0v) is 17.3. The third-order valence-electron chi connectivity index (χ3n) is 4.69. The smallest absolute Gasteiger partial charge is 0.222 e. The van der Waals surface area contributed by atoms with Gasteiger partial charge in [0.1, 0.15) is 0 Å². The second-order valence-corrected chi connectivity index (χ2v) is 7.43. The first kappa shape index (κ1) is 21.2. The molecule has 1 aromatic carbocycles. The zero-order valence-electron chi connectivity index (χ0n) is 17.3. The lowest BCUT2D eigenvalue weighted by molar-refractivity contribution is -0.123. The molecule has 6 nitrogen and oxygen atoms in total. The molecular formula is C21H35N5O. The zero-order chi connectivity index (χ0) is 19.6. The first-order chi connectivity index (χ1) is 13.0. The maximum atomic E-state index is 11.6. The molecule has 0 aromatic heterocycles. The molecule has 0 bridgehead atoms. The number of guanidine groups is 1. The van der Waals surface area contributed by atoms with Crippen molar-refractivity contribution in [2.45, 2.75) is 34.2 Å². The van der Waals surface area contributed by atoms with E-state index in [0.29, 0.717) is 13.1 Å². The topological polar surface area (TPSA) is 60.0 Å². The Morgan fingerprint density at radius 2 is 1.93 bits per heavy atom. The Hall–Kier alpha value is -2.08. The first-order valence-corrected chi connectivity index (χ1v) is 10.1. The molecule has 1 aliphatic heterocycles. The molecule has 150 valence electrons. The quantitative estimate of drug-likeness (QED) is 0.435.